The van der Waals surface area contributed by atoms with Crippen LogP contribution in [-0.2, 0) is 0 Å². The Morgan fingerprint density at radius 2 is 1.78 bits per heavy atom. The standard InChI is InChI=1S/C17H19ClN4.BrH/c18-14-3-1-2-13(12-14)16-4-5-17(20-19-16)22-11-10-21-8-6-15(22)7-9-21;/h1-5,12,15H,6-11H2;1H. The molecule has 0 unspecified atom stereocenters. The highest BCUT2D eigenvalue weighted by Gasteiger charge is 2.29. The molecule has 5 rings (SSSR count). The minimum Gasteiger partial charge on any atom is -0.351 e. The SMILES string of the molecule is Br.Clc1cccc(-c2ccc(N3CCN4CCC3CC4)nn2)c1. The monoisotopic (exact) mass is 394 g/mol. The molecule has 0 amide bonds. The number of piperidine rings is 1. The van der Waals surface area contributed by atoms with E-state index >= 15 is 0 Å². The molecule has 6 heteroatoms. The number of nitrogens with zero attached hydrogens (tertiary/aromatic N) is 4. The van der Waals surface area contributed by atoms with E-state index in [1.165, 1.54) is 25.9 Å². The summed E-state index contributed by atoms with van der Waals surface area (Å²) in [6.07, 6.45) is 2.47. The van der Waals surface area contributed by atoms with Crippen molar-refractivity contribution in [3.05, 3.63) is 41.4 Å². The van der Waals surface area contributed by atoms with Gasteiger partial charge in [-0.3, -0.25) is 0 Å². The van der Waals surface area contributed by atoms with E-state index in [1.807, 2.05) is 30.3 Å². The predicted octanol–water partition coefficient (Wildman–Crippen LogP) is 3.66. The highest BCUT2D eigenvalue weighted by atomic mass is 79.9. The second kappa shape index (κ2) is 7.16. The Bertz CT molecular complexity index is 656. The van der Waals surface area contributed by atoms with Crippen molar-refractivity contribution in [2.75, 3.05) is 31.1 Å². The first kappa shape index (κ1) is 16.7. The molecule has 3 aliphatic heterocycles. The van der Waals surface area contributed by atoms with E-state index in [9.17, 15) is 0 Å². The third-order valence-electron chi connectivity index (χ3n) is 4.72. The van der Waals surface area contributed by atoms with Gasteiger partial charge in [-0.2, -0.15) is 0 Å². The van der Waals surface area contributed by atoms with Crippen LogP contribution in [0.2, 0.25) is 5.02 Å². The molecule has 122 valence electrons. The molecule has 4 heterocycles. The largest absolute Gasteiger partial charge is 0.351 e. The molecule has 0 radical (unpaired) electrons. The second-order valence-corrected chi connectivity index (χ2v) is 6.49. The molecule has 0 spiro atoms. The average Bonchev–Trinajstić information content (AvgIpc) is 2.89. The summed E-state index contributed by atoms with van der Waals surface area (Å²) in [6, 6.07) is 12.5. The van der Waals surface area contributed by atoms with Gasteiger partial charge in [0.25, 0.3) is 0 Å². The number of benzene rings is 1. The van der Waals surface area contributed by atoms with E-state index in [1.54, 1.807) is 0 Å². The molecule has 1 aromatic heterocycles. The van der Waals surface area contributed by atoms with Crippen LogP contribution in [0.1, 0.15) is 12.8 Å². The zero-order valence-electron chi connectivity index (χ0n) is 12.9. The van der Waals surface area contributed by atoms with Gasteiger partial charge in [-0.1, -0.05) is 23.7 Å². The molecule has 3 fully saturated rings. The minimum atomic E-state index is 0. The second-order valence-electron chi connectivity index (χ2n) is 6.05. The van der Waals surface area contributed by atoms with Crippen LogP contribution in [0.5, 0.6) is 0 Å². The van der Waals surface area contributed by atoms with Gasteiger partial charge in [0.15, 0.2) is 5.82 Å². The maximum Gasteiger partial charge on any atom is 0.151 e. The lowest BCUT2D eigenvalue weighted by Crippen LogP contribution is -2.38. The third-order valence-corrected chi connectivity index (χ3v) is 4.96. The topological polar surface area (TPSA) is 32.3 Å². The fourth-order valence-electron chi connectivity index (χ4n) is 3.47. The molecule has 2 aromatic rings. The smallest absolute Gasteiger partial charge is 0.151 e. The van der Waals surface area contributed by atoms with Crippen molar-refractivity contribution in [2.24, 2.45) is 0 Å². The summed E-state index contributed by atoms with van der Waals surface area (Å²) >= 11 is 6.05. The van der Waals surface area contributed by atoms with Crippen molar-refractivity contribution >= 4 is 34.4 Å². The first-order valence-electron chi connectivity index (χ1n) is 7.88. The number of fused-ring (bicyclic) bond motifs is 4. The van der Waals surface area contributed by atoms with E-state index in [2.05, 4.69) is 26.1 Å². The van der Waals surface area contributed by atoms with Crippen molar-refractivity contribution < 1.29 is 0 Å². The Labute approximate surface area is 152 Å². The molecule has 3 saturated heterocycles. The number of hydrogen-bond donors (Lipinski definition) is 0. The van der Waals surface area contributed by atoms with Gasteiger partial charge in [0.05, 0.1) is 5.69 Å². The predicted molar refractivity (Wildman–Crippen MR) is 99.6 cm³/mol. The Morgan fingerprint density at radius 3 is 2.48 bits per heavy atom. The van der Waals surface area contributed by atoms with Gasteiger partial charge in [0, 0.05) is 42.8 Å². The molecule has 0 saturated carbocycles. The molecular formula is C17H20BrClN4. The van der Waals surface area contributed by atoms with Crippen LogP contribution in [-0.4, -0.2) is 47.3 Å². The Kier molecular flexibility index (Phi) is 5.19. The maximum absolute atomic E-state index is 6.05. The summed E-state index contributed by atoms with van der Waals surface area (Å²) in [7, 11) is 0. The maximum atomic E-state index is 6.05. The van der Waals surface area contributed by atoms with Crippen LogP contribution >= 0.6 is 28.6 Å². The molecule has 2 bridgehead atoms. The quantitative estimate of drug-likeness (QED) is 0.777. The van der Waals surface area contributed by atoms with Gasteiger partial charge in [-0.15, -0.1) is 27.2 Å². The normalized spacial score (nSPS) is 23.3. The van der Waals surface area contributed by atoms with Gasteiger partial charge in [-0.05, 0) is 37.1 Å². The van der Waals surface area contributed by atoms with E-state index < -0.39 is 0 Å². The number of hydrogen-bond acceptors (Lipinski definition) is 4. The van der Waals surface area contributed by atoms with Crippen molar-refractivity contribution in [3.8, 4) is 11.3 Å². The third kappa shape index (κ3) is 3.52. The van der Waals surface area contributed by atoms with Crippen LogP contribution in [0.4, 0.5) is 5.82 Å². The molecule has 23 heavy (non-hydrogen) atoms. The fourth-order valence-corrected chi connectivity index (χ4v) is 3.66. The van der Waals surface area contributed by atoms with E-state index in [0.717, 1.165) is 35.2 Å². The first-order valence-corrected chi connectivity index (χ1v) is 8.26. The summed E-state index contributed by atoms with van der Waals surface area (Å²) in [5, 5.41) is 9.62. The Hall–Kier alpha value is -1.17. The van der Waals surface area contributed by atoms with Gasteiger partial charge in [0.2, 0.25) is 0 Å². The van der Waals surface area contributed by atoms with E-state index in [0.29, 0.717) is 6.04 Å². The number of halogens is 2. The minimum absolute atomic E-state index is 0. The molecular weight excluding hydrogens is 376 g/mol. The van der Waals surface area contributed by atoms with Gasteiger partial charge >= 0.3 is 0 Å². The van der Waals surface area contributed by atoms with Crippen LogP contribution in [0.25, 0.3) is 11.3 Å². The van der Waals surface area contributed by atoms with Crippen LogP contribution in [0.15, 0.2) is 36.4 Å². The zero-order valence-corrected chi connectivity index (χ0v) is 15.3. The average molecular weight is 396 g/mol. The van der Waals surface area contributed by atoms with Gasteiger partial charge in [-0.25, -0.2) is 0 Å². The van der Waals surface area contributed by atoms with Crippen LogP contribution in [0, 0.1) is 0 Å². The summed E-state index contributed by atoms with van der Waals surface area (Å²) in [5.41, 5.74) is 1.88. The molecule has 0 atom stereocenters. The molecule has 0 N–H and O–H groups in total. The van der Waals surface area contributed by atoms with Crippen molar-refractivity contribution in [1.29, 1.82) is 0 Å². The molecule has 0 aliphatic carbocycles. The van der Waals surface area contributed by atoms with E-state index in [-0.39, 0.29) is 17.0 Å². The number of aromatic nitrogens is 2. The number of anilines is 1. The lowest BCUT2D eigenvalue weighted by Gasteiger charge is -2.31. The highest BCUT2D eigenvalue weighted by molar-refractivity contribution is 8.93. The Balaban J connectivity index is 0.00000156. The van der Waals surface area contributed by atoms with Crippen molar-refractivity contribution in [1.82, 2.24) is 15.1 Å². The summed E-state index contributed by atoms with van der Waals surface area (Å²) < 4.78 is 0. The van der Waals surface area contributed by atoms with Gasteiger partial charge in [0.1, 0.15) is 0 Å². The van der Waals surface area contributed by atoms with Crippen LogP contribution < -0.4 is 4.90 Å². The fraction of sp³-hybridized carbons (Fsp3) is 0.412. The van der Waals surface area contributed by atoms with Crippen molar-refractivity contribution in [3.63, 3.8) is 0 Å². The first-order chi connectivity index (χ1) is 10.8. The molecule has 1 aromatic carbocycles. The van der Waals surface area contributed by atoms with Crippen molar-refractivity contribution in [2.45, 2.75) is 18.9 Å². The Morgan fingerprint density at radius 1 is 0.957 bits per heavy atom. The van der Waals surface area contributed by atoms with Crippen LogP contribution in [0.3, 0.4) is 0 Å². The zero-order chi connectivity index (χ0) is 14.9. The molecule has 4 nitrogen and oxygen atoms in total. The summed E-state index contributed by atoms with van der Waals surface area (Å²) in [6.45, 7) is 4.62. The summed E-state index contributed by atoms with van der Waals surface area (Å²) in [5.74, 6) is 1.000. The lowest BCUT2D eigenvalue weighted by molar-refractivity contribution is 0.250. The molecule has 3 aliphatic rings. The number of rotatable bonds is 2. The van der Waals surface area contributed by atoms with Gasteiger partial charge < -0.3 is 9.80 Å². The van der Waals surface area contributed by atoms with E-state index in [4.69, 9.17) is 11.6 Å². The lowest BCUT2D eigenvalue weighted by atomic mass is 10.1. The summed E-state index contributed by atoms with van der Waals surface area (Å²) in [4.78, 5) is 4.98. The highest BCUT2D eigenvalue weighted by Crippen LogP contribution is 2.26.